The summed E-state index contributed by atoms with van der Waals surface area (Å²) in [5, 5.41) is 0. The molecule has 2 aliphatic heterocycles. The number of ether oxygens (including phenoxy) is 2. The summed E-state index contributed by atoms with van der Waals surface area (Å²) in [6, 6.07) is 10.1. The Morgan fingerprint density at radius 2 is 1.56 bits per heavy atom. The molecule has 0 aromatic heterocycles. The lowest BCUT2D eigenvalue weighted by Gasteiger charge is -2.39. The Balaban J connectivity index is 1.46. The lowest BCUT2D eigenvalue weighted by Crippen LogP contribution is -2.50. The predicted molar refractivity (Wildman–Crippen MR) is 122 cm³/mol. The van der Waals surface area contributed by atoms with Crippen molar-refractivity contribution < 1.29 is 23.0 Å². The molecule has 2 aliphatic rings. The van der Waals surface area contributed by atoms with Gasteiger partial charge < -0.3 is 14.4 Å². The van der Waals surface area contributed by atoms with E-state index in [0.29, 0.717) is 18.4 Å². The first-order chi connectivity index (χ1) is 15.1. The van der Waals surface area contributed by atoms with Gasteiger partial charge in [-0.25, -0.2) is 13.6 Å². The number of benzene rings is 2. The van der Waals surface area contributed by atoms with E-state index in [0.717, 1.165) is 23.3 Å². The van der Waals surface area contributed by atoms with E-state index in [4.69, 9.17) is 9.47 Å². The van der Waals surface area contributed by atoms with Crippen LogP contribution in [0.4, 0.5) is 13.6 Å². The van der Waals surface area contributed by atoms with Gasteiger partial charge in [0.25, 0.3) is 0 Å². The Kier molecular flexibility index (Phi) is 6.39. The third kappa shape index (κ3) is 4.87. The minimum atomic E-state index is -0.712. The van der Waals surface area contributed by atoms with E-state index in [1.807, 2.05) is 51.3 Å². The van der Waals surface area contributed by atoms with Gasteiger partial charge in [-0.2, -0.15) is 0 Å². The minimum absolute atomic E-state index is 0.0334. The molecule has 0 radical (unpaired) electrons. The van der Waals surface area contributed by atoms with E-state index in [1.165, 1.54) is 12.1 Å². The third-order valence-electron chi connectivity index (χ3n) is 6.00. The number of carbonyl (C=O) groups excluding carboxylic acids is 1. The smallest absolute Gasteiger partial charge is 0.410 e. The molecule has 1 amide bonds. The molecule has 2 bridgehead atoms. The molecule has 0 saturated carbocycles. The molecule has 2 aromatic rings. The van der Waals surface area contributed by atoms with Gasteiger partial charge in [-0.05, 0) is 75.3 Å². The van der Waals surface area contributed by atoms with Crippen LogP contribution in [0.5, 0.6) is 5.75 Å². The molecule has 2 unspecified atom stereocenters. The summed E-state index contributed by atoms with van der Waals surface area (Å²) in [7, 11) is 0. The Morgan fingerprint density at radius 1 is 1.00 bits per heavy atom. The molecular formula is C25H29F2NO3S. The van der Waals surface area contributed by atoms with Gasteiger partial charge in [0.15, 0.2) is 17.4 Å². The number of amides is 1. The molecule has 2 aromatic carbocycles. The number of piperidine rings is 1. The van der Waals surface area contributed by atoms with E-state index < -0.39 is 17.2 Å². The first-order valence-corrected chi connectivity index (χ1v) is 12.2. The average Bonchev–Trinajstić information content (AvgIpc) is 3.00. The second-order valence-corrected chi connectivity index (χ2v) is 10.4. The minimum Gasteiger partial charge on any atom is -0.484 e. The van der Waals surface area contributed by atoms with Crippen molar-refractivity contribution in [2.24, 2.45) is 0 Å². The van der Waals surface area contributed by atoms with Gasteiger partial charge in [-0.15, -0.1) is 11.8 Å². The third-order valence-corrected chi connectivity index (χ3v) is 6.74. The topological polar surface area (TPSA) is 38.8 Å². The molecule has 0 aliphatic carbocycles. The van der Waals surface area contributed by atoms with E-state index in [-0.39, 0.29) is 30.0 Å². The van der Waals surface area contributed by atoms with Crippen molar-refractivity contribution in [1.29, 1.82) is 0 Å². The summed E-state index contributed by atoms with van der Waals surface area (Å²) in [5.74, 6) is -1.77. The maximum absolute atomic E-state index is 14.8. The van der Waals surface area contributed by atoms with Crippen LogP contribution in [0.25, 0.3) is 11.1 Å². The van der Waals surface area contributed by atoms with Crippen LogP contribution in [0.2, 0.25) is 0 Å². The fraction of sp³-hybridized carbons (Fsp3) is 0.480. The molecule has 2 atom stereocenters. The predicted octanol–water partition coefficient (Wildman–Crippen LogP) is 6.66. The molecule has 4 rings (SSSR count). The monoisotopic (exact) mass is 461 g/mol. The highest BCUT2D eigenvalue weighted by molar-refractivity contribution is 7.98. The SMILES string of the molecule is CSc1ccc(-c2cc(F)c(OC3CC4CCC(C3)N4C(=O)OC(C)(C)C)c(F)c2)cc1. The van der Waals surface area contributed by atoms with Crippen molar-refractivity contribution in [3.05, 3.63) is 48.0 Å². The van der Waals surface area contributed by atoms with Crippen molar-refractivity contribution >= 4 is 17.9 Å². The maximum Gasteiger partial charge on any atom is 0.410 e. The standard InChI is InChI=1S/C25H29F2NO3S/c1-25(2,3)31-24(29)28-17-7-8-18(28)14-19(13-17)30-23-21(26)11-16(12-22(23)27)15-5-9-20(32-4)10-6-15/h5-6,9-12,17-19H,7-8,13-14H2,1-4H3. The zero-order chi connectivity index (χ0) is 23.0. The molecule has 7 heteroatoms. The van der Waals surface area contributed by atoms with Gasteiger partial charge in [0.2, 0.25) is 0 Å². The molecule has 0 spiro atoms. The highest BCUT2D eigenvalue weighted by Crippen LogP contribution is 2.39. The van der Waals surface area contributed by atoms with Crippen LogP contribution in [-0.4, -0.2) is 41.0 Å². The first-order valence-electron chi connectivity index (χ1n) is 11.0. The van der Waals surface area contributed by atoms with Crippen molar-refractivity contribution in [3.63, 3.8) is 0 Å². The number of carbonyl (C=O) groups is 1. The molecule has 2 saturated heterocycles. The lowest BCUT2D eigenvalue weighted by atomic mass is 10.00. The summed E-state index contributed by atoms with van der Waals surface area (Å²) in [5.41, 5.74) is 0.656. The summed E-state index contributed by atoms with van der Waals surface area (Å²) < 4.78 is 41.1. The van der Waals surface area contributed by atoms with Crippen LogP contribution >= 0.6 is 11.8 Å². The number of thioether (sulfide) groups is 1. The normalized spacial score (nSPS) is 22.7. The van der Waals surface area contributed by atoms with Crippen LogP contribution < -0.4 is 4.74 Å². The Labute approximate surface area is 192 Å². The summed E-state index contributed by atoms with van der Waals surface area (Å²) >= 11 is 1.61. The quantitative estimate of drug-likeness (QED) is 0.477. The van der Waals surface area contributed by atoms with Crippen molar-refractivity contribution in [1.82, 2.24) is 4.90 Å². The molecule has 4 nitrogen and oxygen atoms in total. The van der Waals surface area contributed by atoms with E-state index in [1.54, 1.807) is 16.7 Å². The Hall–Kier alpha value is -2.28. The van der Waals surface area contributed by atoms with Crippen LogP contribution in [0.1, 0.15) is 46.5 Å². The van der Waals surface area contributed by atoms with Gasteiger partial charge in [-0.1, -0.05) is 12.1 Å². The zero-order valence-electron chi connectivity index (χ0n) is 18.9. The van der Waals surface area contributed by atoms with Gasteiger partial charge in [0.05, 0.1) is 0 Å². The maximum atomic E-state index is 14.8. The molecule has 2 fully saturated rings. The van der Waals surface area contributed by atoms with Crippen LogP contribution in [-0.2, 0) is 4.74 Å². The van der Waals surface area contributed by atoms with E-state index in [2.05, 4.69) is 0 Å². The highest BCUT2D eigenvalue weighted by Gasteiger charge is 2.45. The fourth-order valence-electron chi connectivity index (χ4n) is 4.63. The molecule has 32 heavy (non-hydrogen) atoms. The van der Waals surface area contributed by atoms with Crippen molar-refractivity contribution in [2.75, 3.05) is 6.26 Å². The number of nitrogens with zero attached hydrogens (tertiary/aromatic N) is 1. The molecule has 0 N–H and O–H groups in total. The number of rotatable bonds is 4. The Bertz CT molecular complexity index is 953. The van der Waals surface area contributed by atoms with Crippen molar-refractivity contribution in [3.8, 4) is 16.9 Å². The fourth-order valence-corrected chi connectivity index (χ4v) is 5.03. The number of hydrogen-bond donors (Lipinski definition) is 0. The Morgan fingerprint density at radius 3 is 2.06 bits per heavy atom. The van der Waals surface area contributed by atoms with Gasteiger partial charge in [-0.3, -0.25) is 0 Å². The van der Waals surface area contributed by atoms with Crippen LogP contribution in [0, 0.1) is 11.6 Å². The van der Waals surface area contributed by atoms with Gasteiger partial charge in [0, 0.05) is 29.8 Å². The molecule has 2 heterocycles. The first kappa shape index (κ1) is 22.9. The molecule has 172 valence electrons. The van der Waals surface area contributed by atoms with Gasteiger partial charge in [0.1, 0.15) is 11.7 Å². The lowest BCUT2D eigenvalue weighted by molar-refractivity contribution is -0.00804. The number of halogens is 2. The van der Waals surface area contributed by atoms with E-state index in [9.17, 15) is 13.6 Å². The summed E-state index contributed by atoms with van der Waals surface area (Å²) in [6.45, 7) is 5.53. The average molecular weight is 462 g/mol. The van der Waals surface area contributed by atoms with Crippen LogP contribution in [0.15, 0.2) is 41.3 Å². The van der Waals surface area contributed by atoms with Gasteiger partial charge >= 0.3 is 6.09 Å². The zero-order valence-corrected chi connectivity index (χ0v) is 19.7. The van der Waals surface area contributed by atoms with E-state index >= 15 is 0 Å². The molecular weight excluding hydrogens is 432 g/mol. The summed E-state index contributed by atoms with van der Waals surface area (Å²) in [6.07, 6.45) is 4.07. The second kappa shape index (κ2) is 8.93. The summed E-state index contributed by atoms with van der Waals surface area (Å²) in [4.78, 5) is 15.5. The van der Waals surface area contributed by atoms with Crippen molar-refractivity contribution in [2.45, 2.75) is 75.1 Å². The number of fused-ring (bicyclic) bond motifs is 2. The van der Waals surface area contributed by atoms with Crippen LogP contribution in [0.3, 0.4) is 0 Å². The highest BCUT2D eigenvalue weighted by atomic mass is 32.2. The second-order valence-electron chi connectivity index (χ2n) is 9.48. The largest absolute Gasteiger partial charge is 0.484 e. The number of hydrogen-bond acceptors (Lipinski definition) is 4.